The maximum Gasteiger partial charge on any atom is 0.293 e. The zero-order chi connectivity index (χ0) is 15.5. The molecule has 5 nitrogen and oxygen atoms in total. The number of hydrogen-bond acceptors (Lipinski definition) is 5. The minimum absolute atomic E-state index is 0.428. The molecular formula is C17H20N2O3. The molecule has 2 heterocycles. The van der Waals surface area contributed by atoms with E-state index >= 15 is 0 Å². The van der Waals surface area contributed by atoms with Crippen molar-refractivity contribution in [1.29, 1.82) is 0 Å². The lowest BCUT2D eigenvalue weighted by atomic mass is 10.1. The van der Waals surface area contributed by atoms with Gasteiger partial charge in [-0.3, -0.25) is 0 Å². The molecule has 0 aliphatic heterocycles. The molecule has 0 bridgehead atoms. The lowest BCUT2D eigenvalue weighted by Crippen LogP contribution is -1.96. The predicted molar refractivity (Wildman–Crippen MR) is 83.8 cm³/mol. The minimum Gasteiger partial charge on any atom is -0.451 e. The average molecular weight is 300 g/mol. The van der Waals surface area contributed by atoms with E-state index in [1.807, 2.05) is 13.0 Å². The van der Waals surface area contributed by atoms with E-state index in [0.717, 1.165) is 29.4 Å². The smallest absolute Gasteiger partial charge is 0.293 e. The Labute approximate surface area is 129 Å². The van der Waals surface area contributed by atoms with Crippen LogP contribution in [0.5, 0.6) is 0 Å². The number of furan rings is 1. The first-order valence-corrected chi connectivity index (χ1v) is 7.56. The standard InChI is InChI=1S/C17H20N2O3/c1-4-5-12-6-7-14-13(10-12)11(2)16(21-14)17-18-15(19-22-17)8-9-20-3/h6-7,10H,4-5,8-9H2,1-3H3. The van der Waals surface area contributed by atoms with Gasteiger partial charge in [0.2, 0.25) is 0 Å². The Hall–Kier alpha value is -2.14. The Kier molecular flexibility index (Phi) is 4.24. The molecule has 0 atom stereocenters. The number of aromatic nitrogens is 2. The van der Waals surface area contributed by atoms with Crippen LogP contribution in [0.25, 0.3) is 22.6 Å². The van der Waals surface area contributed by atoms with Gasteiger partial charge in [0.15, 0.2) is 11.6 Å². The van der Waals surface area contributed by atoms with Crippen molar-refractivity contribution >= 4 is 11.0 Å². The molecule has 0 N–H and O–H groups in total. The van der Waals surface area contributed by atoms with Crippen LogP contribution in [0.4, 0.5) is 0 Å². The van der Waals surface area contributed by atoms with Gasteiger partial charge in [0.25, 0.3) is 5.89 Å². The Morgan fingerprint density at radius 3 is 2.86 bits per heavy atom. The van der Waals surface area contributed by atoms with Gasteiger partial charge < -0.3 is 13.7 Å². The molecule has 0 radical (unpaired) electrons. The van der Waals surface area contributed by atoms with Gasteiger partial charge in [-0.15, -0.1) is 0 Å². The zero-order valence-corrected chi connectivity index (χ0v) is 13.2. The fraction of sp³-hybridized carbons (Fsp3) is 0.412. The van der Waals surface area contributed by atoms with Gasteiger partial charge in [0, 0.05) is 24.5 Å². The largest absolute Gasteiger partial charge is 0.451 e. The Morgan fingerprint density at radius 1 is 1.23 bits per heavy atom. The maximum absolute atomic E-state index is 5.91. The molecule has 0 aliphatic rings. The monoisotopic (exact) mass is 300 g/mol. The van der Waals surface area contributed by atoms with Crippen LogP contribution in [-0.2, 0) is 17.6 Å². The topological polar surface area (TPSA) is 61.3 Å². The maximum atomic E-state index is 5.91. The van der Waals surface area contributed by atoms with Crippen LogP contribution in [0.1, 0.15) is 30.3 Å². The van der Waals surface area contributed by atoms with E-state index < -0.39 is 0 Å². The van der Waals surface area contributed by atoms with Crippen molar-refractivity contribution in [2.75, 3.05) is 13.7 Å². The van der Waals surface area contributed by atoms with E-state index in [0.29, 0.717) is 30.5 Å². The van der Waals surface area contributed by atoms with E-state index in [1.165, 1.54) is 5.56 Å². The van der Waals surface area contributed by atoms with Crippen LogP contribution in [0.3, 0.4) is 0 Å². The molecule has 3 aromatic rings. The molecule has 116 valence electrons. The summed E-state index contributed by atoms with van der Waals surface area (Å²) in [6.45, 7) is 4.77. The van der Waals surface area contributed by atoms with Gasteiger partial charge in [-0.1, -0.05) is 24.6 Å². The van der Waals surface area contributed by atoms with Gasteiger partial charge in [0.1, 0.15) is 5.58 Å². The molecule has 0 spiro atoms. The third-order valence-electron chi connectivity index (χ3n) is 3.73. The van der Waals surface area contributed by atoms with Gasteiger partial charge in [-0.05, 0) is 31.0 Å². The molecule has 0 saturated carbocycles. The molecule has 22 heavy (non-hydrogen) atoms. The van der Waals surface area contributed by atoms with Crippen LogP contribution >= 0.6 is 0 Å². The predicted octanol–water partition coefficient (Wildman–Crippen LogP) is 3.93. The highest BCUT2D eigenvalue weighted by molar-refractivity contribution is 5.86. The highest BCUT2D eigenvalue weighted by Crippen LogP contribution is 2.32. The summed E-state index contributed by atoms with van der Waals surface area (Å²) in [5.74, 6) is 1.71. The summed E-state index contributed by atoms with van der Waals surface area (Å²) >= 11 is 0. The number of rotatable bonds is 6. The second-order valence-corrected chi connectivity index (χ2v) is 5.40. The summed E-state index contributed by atoms with van der Waals surface area (Å²) < 4.78 is 16.3. The van der Waals surface area contributed by atoms with Crippen LogP contribution in [0, 0.1) is 6.92 Å². The summed E-state index contributed by atoms with van der Waals surface area (Å²) in [4.78, 5) is 4.38. The Bertz CT molecular complexity index is 773. The van der Waals surface area contributed by atoms with E-state index in [2.05, 4.69) is 29.2 Å². The van der Waals surface area contributed by atoms with Crippen LogP contribution in [0.2, 0.25) is 0 Å². The second-order valence-electron chi connectivity index (χ2n) is 5.40. The summed E-state index contributed by atoms with van der Waals surface area (Å²) in [5.41, 5.74) is 3.20. The fourth-order valence-corrected chi connectivity index (χ4v) is 2.56. The molecular weight excluding hydrogens is 280 g/mol. The van der Waals surface area contributed by atoms with E-state index in [9.17, 15) is 0 Å². The molecule has 0 saturated heterocycles. The van der Waals surface area contributed by atoms with E-state index in [1.54, 1.807) is 7.11 Å². The third kappa shape index (κ3) is 2.76. The lowest BCUT2D eigenvalue weighted by Gasteiger charge is -1.97. The van der Waals surface area contributed by atoms with Gasteiger partial charge in [-0.2, -0.15) is 4.98 Å². The highest BCUT2D eigenvalue weighted by atomic mass is 16.5. The number of nitrogens with zero attached hydrogens (tertiary/aromatic N) is 2. The van der Waals surface area contributed by atoms with Crippen molar-refractivity contribution in [1.82, 2.24) is 10.1 Å². The van der Waals surface area contributed by atoms with Crippen molar-refractivity contribution in [3.05, 3.63) is 35.2 Å². The number of fused-ring (bicyclic) bond motifs is 1. The summed E-state index contributed by atoms with van der Waals surface area (Å²) in [6.07, 6.45) is 2.82. The third-order valence-corrected chi connectivity index (χ3v) is 3.73. The molecule has 0 amide bonds. The van der Waals surface area contributed by atoms with Gasteiger partial charge >= 0.3 is 0 Å². The first-order valence-electron chi connectivity index (χ1n) is 7.56. The molecule has 1 aromatic carbocycles. The van der Waals surface area contributed by atoms with E-state index in [-0.39, 0.29) is 0 Å². The number of ether oxygens (including phenoxy) is 1. The Balaban J connectivity index is 1.96. The van der Waals surface area contributed by atoms with Crippen LogP contribution in [-0.4, -0.2) is 23.9 Å². The minimum atomic E-state index is 0.428. The van der Waals surface area contributed by atoms with Gasteiger partial charge in [-0.25, -0.2) is 0 Å². The van der Waals surface area contributed by atoms with Crippen LogP contribution < -0.4 is 0 Å². The fourth-order valence-electron chi connectivity index (χ4n) is 2.56. The van der Waals surface area contributed by atoms with Crippen molar-refractivity contribution < 1.29 is 13.7 Å². The normalized spacial score (nSPS) is 11.4. The van der Waals surface area contributed by atoms with E-state index in [4.69, 9.17) is 13.7 Å². The van der Waals surface area contributed by atoms with Crippen molar-refractivity contribution in [3.8, 4) is 11.7 Å². The number of methoxy groups -OCH3 is 1. The van der Waals surface area contributed by atoms with Gasteiger partial charge in [0.05, 0.1) is 6.61 Å². The second kappa shape index (κ2) is 6.32. The summed E-state index contributed by atoms with van der Waals surface area (Å²) in [6, 6.07) is 6.30. The molecule has 5 heteroatoms. The van der Waals surface area contributed by atoms with Crippen LogP contribution in [0.15, 0.2) is 27.1 Å². The molecule has 0 fully saturated rings. The summed E-state index contributed by atoms with van der Waals surface area (Å²) in [5, 5.41) is 5.07. The van der Waals surface area contributed by atoms with Crippen molar-refractivity contribution in [2.45, 2.75) is 33.1 Å². The average Bonchev–Trinajstić information content (AvgIpc) is 3.11. The number of aryl methyl sites for hydroxylation is 2. The molecule has 0 aliphatic carbocycles. The molecule has 2 aromatic heterocycles. The molecule has 0 unspecified atom stereocenters. The number of benzene rings is 1. The SMILES string of the molecule is CCCc1ccc2oc(-c3nc(CCOC)no3)c(C)c2c1. The zero-order valence-electron chi connectivity index (χ0n) is 13.2. The Morgan fingerprint density at radius 2 is 2.09 bits per heavy atom. The van der Waals surface area contributed by atoms with Crippen molar-refractivity contribution in [3.63, 3.8) is 0 Å². The highest BCUT2D eigenvalue weighted by Gasteiger charge is 2.18. The first-order chi connectivity index (χ1) is 10.7. The lowest BCUT2D eigenvalue weighted by molar-refractivity contribution is 0.199. The quantitative estimate of drug-likeness (QED) is 0.690. The first kappa shape index (κ1) is 14.8. The summed E-state index contributed by atoms with van der Waals surface area (Å²) in [7, 11) is 1.65. The van der Waals surface area contributed by atoms with Crippen molar-refractivity contribution in [2.24, 2.45) is 0 Å². The number of hydrogen-bond donors (Lipinski definition) is 0. The molecule has 3 rings (SSSR count).